The quantitative estimate of drug-likeness (QED) is 0.428. The van der Waals surface area contributed by atoms with Crippen LogP contribution in [0.25, 0.3) is 6.20 Å². The van der Waals surface area contributed by atoms with E-state index in [0.29, 0.717) is 0 Å². The van der Waals surface area contributed by atoms with Gasteiger partial charge in [-0.05, 0) is 12.8 Å². The van der Waals surface area contributed by atoms with Gasteiger partial charge >= 0.3 is 0 Å². The Hall–Kier alpha value is -1.05. The fourth-order valence-electron chi connectivity index (χ4n) is 2.08. The number of nitrogens with zero attached hydrogens (tertiary/aromatic N) is 2. The number of hydrogen-bond acceptors (Lipinski definition) is 0. The van der Waals surface area contributed by atoms with E-state index in [4.69, 9.17) is 0 Å². The monoisotopic (exact) mass is 235 g/mol. The average molecular weight is 235 g/mol. The molecule has 0 atom stereocenters. The van der Waals surface area contributed by atoms with Crippen molar-refractivity contribution in [1.29, 1.82) is 0 Å². The van der Waals surface area contributed by atoms with Crippen molar-refractivity contribution in [2.75, 3.05) is 0 Å². The largest absolute Gasteiger partial charge is 0.248 e. The predicted molar refractivity (Wildman–Crippen MR) is 73.6 cm³/mol. The molecule has 0 saturated carbocycles. The maximum Gasteiger partial charge on any atom is 0.248 e. The van der Waals surface area contributed by atoms with Crippen molar-refractivity contribution in [3.05, 3.63) is 25.3 Å². The predicted octanol–water partition coefficient (Wildman–Crippen LogP) is 4.02. The Morgan fingerprint density at radius 3 is 2.29 bits per heavy atom. The maximum absolute atomic E-state index is 3.74. The maximum atomic E-state index is 3.74. The van der Waals surface area contributed by atoms with Crippen LogP contribution in [0, 0.1) is 0 Å². The Labute approximate surface area is 106 Å². The Kier molecular flexibility index (Phi) is 7.44. The molecule has 0 N–H and O–H groups in total. The molecule has 0 spiro atoms. The molecule has 0 aromatic carbocycles. The van der Waals surface area contributed by atoms with E-state index in [-0.39, 0.29) is 0 Å². The molecule has 0 fully saturated rings. The summed E-state index contributed by atoms with van der Waals surface area (Å²) in [5.41, 5.74) is 0. The average Bonchev–Trinajstić information content (AvgIpc) is 2.80. The molecule has 0 radical (unpaired) electrons. The van der Waals surface area contributed by atoms with Gasteiger partial charge in [-0.15, -0.1) is 0 Å². The van der Waals surface area contributed by atoms with Crippen molar-refractivity contribution >= 4 is 6.20 Å². The molecule has 2 heteroatoms. The summed E-state index contributed by atoms with van der Waals surface area (Å²) < 4.78 is 4.23. The van der Waals surface area contributed by atoms with E-state index in [0.717, 1.165) is 6.54 Å². The second-order valence-corrected chi connectivity index (χ2v) is 4.76. The molecule has 1 aromatic rings. The SMILES string of the molecule is C=Cn1cc[n+](CCCCCCCCCC)c1. The Morgan fingerprint density at radius 1 is 1.06 bits per heavy atom. The van der Waals surface area contributed by atoms with Gasteiger partial charge in [0.15, 0.2) is 0 Å². The van der Waals surface area contributed by atoms with Crippen LogP contribution >= 0.6 is 0 Å². The minimum absolute atomic E-state index is 1.13. The van der Waals surface area contributed by atoms with E-state index in [9.17, 15) is 0 Å². The highest BCUT2D eigenvalue weighted by Crippen LogP contribution is 2.08. The van der Waals surface area contributed by atoms with Crippen LogP contribution in [0.15, 0.2) is 25.3 Å². The first-order valence-corrected chi connectivity index (χ1v) is 7.06. The minimum Gasteiger partial charge on any atom is -0.236 e. The third kappa shape index (κ3) is 6.30. The van der Waals surface area contributed by atoms with Gasteiger partial charge in [-0.2, -0.15) is 0 Å². The molecule has 1 aromatic heterocycles. The standard InChI is InChI=1S/C15H27N2/c1-3-5-6-7-8-9-10-11-12-17-14-13-16(4-2)15-17/h4,13-15H,2-3,5-12H2,1H3/q+1. The summed E-state index contributed by atoms with van der Waals surface area (Å²) >= 11 is 0. The van der Waals surface area contributed by atoms with Crippen LogP contribution in [0.5, 0.6) is 0 Å². The Morgan fingerprint density at radius 2 is 1.71 bits per heavy atom. The molecule has 1 heterocycles. The van der Waals surface area contributed by atoms with Gasteiger partial charge in [-0.3, -0.25) is 0 Å². The van der Waals surface area contributed by atoms with Crippen molar-refractivity contribution in [3.8, 4) is 0 Å². The zero-order valence-corrected chi connectivity index (χ0v) is 11.3. The fourth-order valence-corrected chi connectivity index (χ4v) is 2.08. The van der Waals surface area contributed by atoms with Crippen molar-refractivity contribution < 1.29 is 4.57 Å². The molecule has 0 aliphatic carbocycles. The van der Waals surface area contributed by atoms with Crippen LogP contribution in [-0.4, -0.2) is 4.57 Å². The second-order valence-electron chi connectivity index (χ2n) is 4.76. The lowest BCUT2D eigenvalue weighted by molar-refractivity contribution is -0.696. The van der Waals surface area contributed by atoms with Gasteiger partial charge in [0.1, 0.15) is 12.4 Å². The van der Waals surface area contributed by atoms with Gasteiger partial charge in [-0.1, -0.05) is 52.0 Å². The van der Waals surface area contributed by atoms with Crippen LogP contribution in [-0.2, 0) is 6.54 Å². The van der Waals surface area contributed by atoms with E-state index in [1.165, 1.54) is 51.4 Å². The highest BCUT2D eigenvalue weighted by molar-refractivity contribution is 5.12. The lowest BCUT2D eigenvalue weighted by Gasteiger charge is -2.00. The summed E-state index contributed by atoms with van der Waals surface area (Å²) in [4.78, 5) is 0. The van der Waals surface area contributed by atoms with E-state index >= 15 is 0 Å². The van der Waals surface area contributed by atoms with Crippen molar-refractivity contribution in [2.24, 2.45) is 0 Å². The number of aromatic nitrogens is 2. The number of aryl methyl sites for hydroxylation is 1. The van der Waals surface area contributed by atoms with Crippen molar-refractivity contribution in [3.63, 3.8) is 0 Å². The topological polar surface area (TPSA) is 8.81 Å². The lowest BCUT2D eigenvalue weighted by Crippen LogP contribution is -2.30. The van der Waals surface area contributed by atoms with Crippen LogP contribution in [0.4, 0.5) is 0 Å². The van der Waals surface area contributed by atoms with Gasteiger partial charge in [0.2, 0.25) is 6.33 Å². The molecule has 0 unspecified atom stereocenters. The van der Waals surface area contributed by atoms with Crippen LogP contribution < -0.4 is 4.57 Å². The zero-order chi connectivity index (χ0) is 12.3. The molecule has 0 saturated heterocycles. The number of imidazole rings is 1. The van der Waals surface area contributed by atoms with Crippen LogP contribution in [0.3, 0.4) is 0 Å². The summed E-state index contributed by atoms with van der Waals surface area (Å²) in [6.07, 6.45) is 19.1. The molecule has 0 amide bonds. The van der Waals surface area contributed by atoms with E-state index < -0.39 is 0 Å². The van der Waals surface area contributed by atoms with Gasteiger partial charge in [0.05, 0.1) is 12.7 Å². The summed E-state index contributed by atoms with van der Waals surface area (Å²) in [5, 5.41) is 0. The molecular formula is C15H27N2+. The van der Waals surface area contributed by atoms with Gasteiger partial charge in [0, 0.05) is 0 Å². The van der Waals surface area contributed by atoms with Crippen LogP contribution in [0.2, 0.25) is 0 Å². The highest BCUT2D eigenvalue weighted by Gasteiger charge is 2.00. The Bertz CT molecular complexity index is 302. The normalized spacial score (nSPS) is 10.6. The zero-order valence-electron chi connectivity index (χ0n) is 11.3. The first-order chi connectivity index (χ1) is 8.36. The molecule has 17 heavy (non-hydrogen) atoms. The summed E-state index contributed by atoms with van der Waals surface area (Å²) in [6, 6.07) is 0. The summed E-state index contributed by atoms with van der Waals surface area (Å²) in [7, 11) is 0. The molecule has 2 nitrogen and oxygen atoms in total. The van der Waals surface area contributed by atoms with Gasteiger partial charge < -0.3 is 0 Å². The molecule has 1 rings (SSSR count). The van der Waals surface area contributed by atoms with E-state index in [2.05, 4.69) is 30.6 Å². The minimum atomic E-state index is 1.13. The number of rotatable bonds is 10. The smallest absolute Gasteiger partial charge is 0.236 e. The van der Waals surface area contributed by atoms with Gasteiger partial charge in [-0.25, -0.2) is 9.13 Å². The third-order valence-electron chi connectivity index (χ3n) is 3.19. The van der Waals surface area contributed by atoms with Crippen molar-refractivity contribution in [2.45, 2.75) is 64.8 Å². The number of hydrogen-bond donors (Lipinski definition) is 0. The van der Waals surface area contributed by atoms with Gasteiger partial charge in [0.25, 0.3) is 0 Å². The lowest BCUT2D eigenvalue weighted by atomic mass is 10.1. The molecule has 0 aliphatic heterocycles. The van der Waals surface area contributed by atoms with Crippen molar-refractivity contribution in [1.82, 2.24) is 4.57 Å². The summed E-state index contributed by atoms with van der Waals surface area (Å²) in [5.74, 6) is 0. The fraction of sp³-hybridized carbons (Fsp3) is 0.667. The third-order valence-corrected chi connectivity index (χ3v) is 3.19. The summed E-state index contributed by atoms with van der Waals surface area (Å²) in [6.45, 7) is 7.14. The molecule has 96 valence electrons. The molecular weight excluding hydrogens is 208 g/mol. The second kappa shape index (κ2) is 9.03. The van der Waals surface area contributed by atoms with Crippen LogP contribution in [0.1, 0.15) is 58.3 Å². The number of unbranched alkanes of at least 4 members (excludes halogenated alkanes) is 7. The first kappa shape index (κ1) is 14.0. The molecule has 0 bridgehead atoms. The molecule has 0 aliphatic rings. The van der Waals surface area contributed by atoms with E-state index in [1.807, 2.05) is 17.0 Å². The Balaban J connectivity index is 1.95. The highest BCUT2D eigenvalue weighted by atomic mass is 15.1. The first-order valence-electron chi connectivity index (χ1n) is 7.06. The van der Waals surface area contributed by atoms with E-state index in [1.54, 1.807) is 0 Å².